The SMILES string of the molecule is Fc1cncc(CN2CCc3nc(C4CC4)ncc3C2)c1. The van der Waals surface area contributed by atoms with Crippen LogP contribution in [0.3, 0.4) is 0 Å². The second-order valence-corrected chi connectivity index (χ2v) is 5.95. The van der Waals surface area contributed by atoms with E-state index in [1.165, 1.54) is 30.3 Å². The predicted molar refractivity (Wildman–Crippen MR) is 76.0 cm³/mol. The van der Waals surface area contributed by atoms with Gasteiger partial charge in [0, 0.05) is 55.6 Å². The lowest BCUT2D eigenvalue weighted by molar-refractivity contribution is 0.242. The van der Waals surface area contributed by atoms with E-state index < -0.39 is 0 Å². The van der Waals surface area contributed by atoms with Crippen molar-refractivity contribution in [3.05, 3.63) is 53.1 Å². The lowest BCUT2D eigenvalue weighted by atomic mass is 10.1. The normalized spacial score (nSPS) is 18.5. The van der Waals surface area contributed by atoms with Gasteiger partial charge in [0.05, 0.1) is 6.20 Å². The van der Waals surface area contributed by atoms with Crippen LogP contribution >= 0.6 is 0 Å². The highest BCUT2D eigenvalue weighted by molar-refractivity contribution is 5.23. The van der Waals surface area contributed by atoms with Crippen molar-refractivity contribution in [2.75, 3.05) is 6.54 Å². The summed E-state index contributed by atoms with van der Waals surface area (Å²) in [6, 6.07) is 1.55. The van der Waals surface area contributed by atoms with Crippen molar-refractivity contribution in [1.82, 2.24) is 19.9 Å². The Morgan fingerprint density at radius 2 is 2.14 bits per heavy atom. The lowest BCUT2D eigenvalue weighted by Gasteiger charge is -2.28. The third-order valence-corrected chi connectivity index (χ3v) is 4.14. The Hall–Kier alpha value is -1.88. The Morgan fingerprint density at radius 3 is 2.95 bits per heavy atom. The van der Waals surface area contributed by atoms with E-state index in [0.29, 0.717) is 12.5 Å². The molecule has 2 aliphatic rings. The van der Waals surface area contributed by atoms with Gasteiger partial charge in [-0.1, -0.05) is 0 Å². The van der Waals surface area contributed by atoms with E-state index in [1.54, 1.807) is 12.3 Å². The fourth-order valence-electron chi connectivity index (χ4n) is 2.86. The molecule has 0 unspecified atom stereocenters. The van der Waals surface area contributed by atoms with Crippen molar-refractivity contribution >= 4 is 0 Å². The second-order valence-electron chi connectivity index (χ2n) is 5.95. The van der Waals surface area contributed by atoms with E-state index in [1.807, 2.05) is 6.20 Å². The van der Waals surface area contributed by atoms with Crippen molar-refractivity contribution in [3.63, 3.8) is 0 Å². The van der Waals surface area contributed by atoms with Crippen LogP contribution in [0.25, 0.3) is 0 Å². The molecule has 2 aromatic heterocycles. The molecular weight excluding hydrogens is 267 g/mol. The lowest BCUT2D eigenvalue weighted by Crippen LogP contribution is -2.31. The van der Waals surface area contributed by atoms with Crippen molar-refractivity contribution in [3.8, 4) is 0 Å². The molecule has 5 heteroatoms. The summed E-state index contributed by atoms with van der Waals surface area (Å²) in [6.45, 7) is 2.50. The molecule has 0 aromatic carbocycles. The van der Waals surface area contributed by atoms with Gasteiger partial charge in [0.1, 0.15) is 11.6 Å². The van der Waals surface area contributed by atoms with Crippen LogP contribution in [0, 0.1) is 5.82 Å². The van der Waals surface area contributed by atoms with Crippen molar-refractivity contribution in [2.45, 2.75) is 38.3 Å². The largest absolute Gasteiger partial charge is 0.294 e. The van der Waals surface area contributed by atoms with Gasteiger partial charge < -0.3 is 0 Å². The Morgan fingerprint density at radius 1 is 1.24 bits per heavy atom. The van der Waals surface area contributed by atoms with Crippen LogP contribution < -0.4 is 0 Å². The van der Waals surface area contributed by atoms with Crippen LogP contribution in [0.4, 0.5) is 4.39 Å². The van der Waals surface area contributed by atoms with Crippen LogP contribution in [0.15, 0.2) is 24.7 Å². The molecule has 4 rings (SSSR count). The van der Waals surface area contributed by atoms with Crippen molar-refractivity contribution in [2.24, 2.45) is 0 Å². The van der Waals surface area contributed by atoms with Crippen LogP contribution in [0.5, 0.6) is 0 Å². The van der Waals surface area contributed by atoms with E-state index in [-0.39, 0.29) is 5.82 Å². The molecule has 0 saturated heterocycles. The Bertz CT molecular complexity index is 669. The number of hydrogen-bond acceptors (Lipinski definition) is 4. The molecule has 0 spiro atoms. The smallest absolute Gasteiger partial charge is 0.141 e. The first-order valence-electron chi connectivity index (χ1n) is 7.44. The number of rotatable bonds is 3. The number of hydrogen-bond donors (Lipinski definition) is 0. The van der Waals surface area contributed by atoms with Crippen LogP contribution in [0.1, 0.15) is 41.4 Å². The fourth-order valence-corrected chi connectivity index (χ4v) is 2.86. The first-order chi connectivity index (χ1) is 10.3. The number of pyridine rings is 1. The summed E-state index contributed by atoms with van der Waals surface area (Å²) >= 11 is 0. The molecule has 1 aliphatic heterocycles. The molecule has 2 aromatic rings. The molecule has 1 saturated carbocycles. The zero-order chi connectivity index (χ0) is 14.2. The minimum absolute atomic E-state index is 0.276. The molecule has 3 heterocycles. The van der Waals surface area contributed by atoms with Gasteiger partial charge in [-0.15, -0.1) is 0 Å². The van der Waals surface area contributed by atoms with Crippen LogP contribution in [0.2, 0.25) is 0 Å². The highest BCUT2D eigenvalue weighted by Gasteiger charge is 2.28. The maximum absolute atomic E-state index is 13.2. The topological polar surface area (TPSA) is 41.9 Å². The molecule has 108 valence electrons. The average Bonchev–Trinajstić information content (AvgIpc) is 3.31. The standard InChI is InChI=1S/C16H17FN4/c17-14-5-11(6-18-8-14)9-21-4-3-15-13(10-21)7-19-16(20-15)12-1-2-12/h5-8,12H,1-4,9-10H2. The number of aromatic nitrogens is 3. The van der Waals surface area contributed by atoms with Crippen LogP contribution in [-0.4, -0.2) is 26.4 Å². The van der Waals surface area contributed by atoms with E-state index in [4.69, 9.17) is 4.98 Å². The van der Waals surface area contributed by atoms with E-state index in [0.717, 1.165) is 30.9 Å². The monoisotopic (exact) mass is 284 g/mol. The third-order valence-electron chi connectivity index (χ3n) is 4.14. The summed E-state index contributed by atoms with van der Waals surface area (Å²) in [4.78, 5) is 15.4. The first kappa shape index (κ1) is 12.8. The van der Waals surface area contributed by atoms with Gasteiger partial charge in [0.25, 0.3) is 0 Å². The average molecular weight is 284 g/mol. The van der Waals surface area contributed by atoms with Crippen LogP contribution in [-0.2, 0) is 19.5 Å². The van der Waals surface area contributed by atoms with E-state index in [9.17, 15) is 4.39 Å². The summed E-state index contributed by atoms with van der Waals surface area (Å²) in [5.74, 6) is 1.35. The summed E-state index contributed by atoms with van der Waals surface area (Å²) in [6.07, 6.45) is 8.36. The van der Waals surface area contributed by atoms with Gasteiger partial charge in [-0.05, 0) is 24.5 Å². The summed E-state index contributed by atoms with van der Waals surface area (Å²) in [5, 5.41) is 0. The second kappa shape index (κ2) is 5.15. The van der Waals surface area contributed by atoms with Gasteiger partial charge in [0.2, 0.25) is 0 Å². The molecular formula is C16H17FN4. The number of nitrogens with zero attached hydrogens (tertiary/aromatic N) is 4. The van der Waals surface area contributed by atoms with E-state index in [2.05, 4.69) is 14.9 Å². The van der Waals surface area contributed by atoms with Gasteiger partial charge in [0.15, 0.2) is 0 Å². The first-order valence-corrected chi connectivity index (χ1v) is 7.44. The quantitative estimate of drug-likeness (QED) is 0.868. The summed E-state index contributed by atoms with van der Waals surface area (Å²) < 4.78 is 13.2. The fraction of sp³-hybridized carbons (Fsp3) is 0.438. The molecule has 4 nitrogen and oxygen atoms in total. The predicted octanol–water partition coefficient (Wildman–Crippen LogP) is 2.45. The maximum Gasteiger partial charge on any atom is 0.141 e. The third kappa shape index (κ3) is 2.78. The highest BCUT2D eigenvalue weighted by Crippen LogP contribution is 2.38. The Labute approximate surface area is 123 Å². The number of halogens is 1. The molecule has 0 bridgehead atoms. The molecule has 0 atom stereocenters. The minimum Gasteiger partial charge on any atom is -0.294 e. The van der Waals surface area contributed by atoms with Gasteiger partial charge >= 0.3 is 0 Å². The Kier molecular flexibility index (Phi) is 3.15. The van der Waals surface area contributed by atoms with Crippen molar-refractivity contribution in [1.29, 1.82) is 0 Å². The van der Waals surface area contributed by atoms with Gasteiger partial charge in [-0.25, -0.2) is 14.4 Å². The zero-order valence-electron chi connectivity index (χ0n) is 11.8. The molecule has 0 N–H and O–H groups in total. The summed E-state index contributed by atoms with van der Waals surface area (Å²) in [5.41, 5.74) is 3.31. The molecule has 0 radical (unpaired) electrons. The molecule has 1 aliphatic carbocycles. The molecule has 1 fully saturated rings. The Balaban J connectivity index is 1.48. The molecule has 0 amide bonds. The summed E-state index contributed by atoms with van der Waals surface area (Å²) in [7, 11) is 0. The van der Waals surface area contributed by atoms with Gasteiger partial charge in [-0.3, -0.25) is 9.88 Å². The van der Waals surface area contributed by atoms with E-state index >= 15 is 0 Å². The minimum atomic E-state index is -0.276. The zero-order valence-corrected chi connectivity index (χ0v) is 11.8. The van der Waals surface area contributed by atoms with Gasteiger partial charge in [-0.2, -0.15) is 0 Å². The maximum atomic E-state index is 13.2. The van der Waals surface area contributed by atoms with Crippen molar-refractivity contribution < 1.29 is 4.39 Å². The molecule has 21 heavy (non-hydrogen) atoms. The number of fused-ring (bicyclic) bond motifs is 1. The highest BCUT2D eigenvalue weighted by atomic mass is 19.1.